The highest BCUT2D eigenvalue weighted by molar-refractivity contribution is 7.10. The lowest BCUT2D eigenvalue weighted by atomic mass is 9.96. The normalized spacial score (nSPS) is 11.4. The van der Waals surface area contributed by atoms with Gasteiger partial charge in [-0.15, -0.1) is 0 Å². The van der Waals surface area contributed by atoms with Gasteiger partial charge in [0, 0.05) is 11.6 Å². The van der Waals surface area contributed by atoms with Crippen molar-refractivity contribution in [1.29, 1.82) is 0 Å². The molecule has 0 saturated heterocycles. The van der Waals surface area contributed by atoms with E-state index < -0.39 is 8.07 Å². The molecule has 0 aliphatic rings. The molecule has 2 nitrogen and oxygen atoms in total. The molecule has 35 heavy (non-hydrogen) atoms. The monoisotopic (exact) mass is 469 g/mol. The summed E-state index contributed by atoms with van der Waals surface area (Å²) in [7, 11) is -0.0944. The summed E-state index contributed by atoms with van der Waals surface area (Å²) in [6, 6.07) is 35.2. The Labute approximate surface area is 209 Å². The van der Waals surface area contributed by atoms with Gasteiger partial charge in [0.05, 0.1) is 12.0 Å². The number of nitrogens with zero attached hydrogens (tertiary/aromatic N) is 2. The summed E-state index contributed by atoms with van der Waals surface area (Å²) in [5.74, 6) is 0. The van der Waals surface area contributed by atoms with Crippen molar-refractivity contribution < 1.29 is 4.57 Å². The number of hydrogen-bond donors (Lipinski definition) is 0. The number of benzene rings is 4. The molecule has 1 heterocycles. The van der Waals surface area contributed by atoms with E-state index in [9.17, 15) is 0 Å². The van der Waals surface area contributed by atoms with Gasteiger partial charge in [0.2, 0.25) is 5.69 Å². The first-order valence-corrected chi connectivity index (χ1v) is 14.5. The van der Waals surface area contributed by atoms with Gasteiger partial charge in [-0.05, 0) is 52.5 Å². The van der Waals surface area contributed by atoms with Gasteiger partial charge < -0.3 is 0 Å². The van der Waals surface area contributed by atoms with Crippen molar-refractivity contribution in [2.75, 3.05) is 0 Å². The lowest BCUT2D eigenvalue weighted by Gasteiger charge is -2.29. The fraction of sp³-hybridized carbons (Fsp3) is 0.125. The summed E-state index contributed by atoms with van der Waals surface area (Å²) in [5.41, 5.74) is 5.34. The van der Waals surface area contributed by atoms with Crippen LogP contribution in [0.2, 0.25) is 6.55 Å². The molecule has 5 rings (SSSR count). The van der Waals surface area contributed by atoms with Crippen LogP contribution in [0.4, 0.5) is 5.69 Å². The van der Waals surface area contributed by atoms with E-state index in [0.29, 0.717) is 5.69 Å². The summed E-state index contributed by atoms with van der Waals surface area (Å²) in [6.07, 6.45) is 2.14. The van der Waals surface area contributed by atoms with E-state index in [1.165, 1.54) is 31.9 Å². The zero-order valence-corrected chi connectivity index (χ0v) is 21.7. The Balaban J connectivity index is 1.77. The molecular formula is C32H29N2Si+. The first kappa shape index (κ1) is 22.8. The molecule has 170 valence electrons. The molecular weight excluding hydrogens is 440 g/mol. The summed E-state index contributed by atoms with van der Waals surface area (Å²) >= 11 is 0. The molecule has 0 bridgehead atoms. The third-order valence-corrected chi connectivity index (χ3v) is 11.9. The molecule has 4 aromatic carbocycles. The molecule has 3 heteroatoms. The zero-order chi connectivity index (χ0) is 24.6. The first-order chi connectivity index (χ1) is 16.9. The Morgan fingerprint density at radius 1 is 0.743 bits per heavy atom. The van der Waals surface area contributed by atoms with Crippen LogP contribution in [0, 0.1) is 20.4 Å². The highest BCUT2D eigenvalue weighted by Gasteiger charge is 2.34. The van der Waals surface area contributed by atoms with E-state index in [-0.39, 0.29) is 0 Å². The van der Waals surface area contributed by atoms with Gasteiger partial charge in [-0.3, -0.25) is 0 Å². The van der Waals surface area contributed by atoms with Crippen molar-refractivity contribution in [2.24, 2.45) is 7.05 Å². The molecule has 0 fully saturated rings. The minimum Gasteiger partial charge on any atom is -0.238 e. The molecule has 0 saturated carbocycles. The topological polar surface area (TPSA) is 8.24 Å². The third kappa shape index (κ3) is 3.86. The minimum absolute atomic E-state index is 0.685. The Morgan fingerprint density at radius 2 is 1.37 bits per heavy atom. The van der Waals surface area contributed by atoms with Gasteiger partial charge in [-0.25, -0.2) is 9.41 Å². The van der Waals surface area contributed by atoms with Crippen molar-refractivity contribution in [1.82, 2.24) is 0 Å². The SMILES string of the molecule is [C-]#[N+]c1cc(C)c(C)c(-c2c3ccc([Si](C)(c4ccccc4)c4ccccc4)cc3cc[n+]2C)c1. The molecule has 0 aliphatic carbocycles. The van der Waals surface area contributed by atoms with Crippen LogP contribution in [-0.2, 0) is 7.05 Å². The van der Waals surface area contributed by atoms with Gasteiger partial charge in [0.15, 0.2) is 11.9 Å². The maximum Gasteiger partial charge on any atom is 0.219 e. The van der Waals surface area contributed by atoms with Crippen LogP contribution in [0.1, 0.15) is 11.1 Å². The fourth-order valence-electron chi connectivity index (χ4n) is 5.21. The average Bonchev–Trinajstić information content (AvgIpc) is 2.90. The second-order valence-corrected chi connectivity index (χ2v) is 13.5. The molecule has 0 N–H and O–H groups in total. The summed E-state index contributed by atoms with van der Waals surface area (Å²) in [6.45, 7) is 14.3. The molecule has 0 aliphatic heterocycles. The molecule has 0 spiro atoms. The van der Waals surface area contributed by atoms with Gasteiger partial charge >= 0.3 is 0 Å². The van der Waals surface area contributed by atoms with Crippen molar-refractivity contribution in [3.63, 3.8) is 0 Å². The summed E-state index contributed by atoms with van der Waals surface area (Å²) in [5, 5.41) is 6.64. The summed E-state index contributed by atoms with van der Waals surface area (Å²) in [4.78, 5) is 3.73. The number of aryl methyl sites for hydroxylation is 2. The lowest BCUT2D eigenvalue weighted by molar-refractivity contribution is -0.659. The summed E-state index contributed by atoms with van der Waals surface area (Å²) < 4.78 is 2.18. The van der Waals surface area contributed by atoms with Gasteiger partial charge in [-0.2, -0.15) is 0 Å². The van der Waals surface area contributed by atoms with Crippen LogP contribution in [0.15, 0.2) is 103 Å². The first-order valence-electron chi connectivity index (χ1n) is 12.0. The average molecular weight is 470 g/mol. The maximum absolute atomic E-state index is 7.57. The highest BCUT2D eigenvalue weighted by Crippen LogP contribution is 2.32. The Morgan fingerprint density at radius 3 is 1.97 bits per heavy atom. The van der Waals surface area contributed by atoms with E-state index >= 15 is 0 Å². The minimum atomic E-state index is -2.19. The fourth-order valence-corrected chi connectivity index (χ4v) is 8.79. The Bertz CT molecular complexity index is 1540. The van der Waals surface area contributed by atoms with E-state index in [2.05, 4.69) is 128 Å². The highest BCUT2D eigenvalue weighted by atomic mass is 28.3. The van der Waals surface area contributed by atoms with Gasteiger partial charge in [0.1, 0.15) is 15.1 Å². The standard InChI is InChI=1S/C32H29N2Si/c1-23-20-26(33-3)22-31(24(23)2)32-30-17-16-29(21-25(30)18-19-34(32)4)35(5,27-12-8-6-9-13-27)28-14-10-7-11-15-28/h6-22H,1-2,4-5H3/q+1. The molecule has 0 atom stereocenters. The second-order valence-electron chi connectivity index (χ2n) is 9.48. The molecule has 0 amide bonds. The van der Waals surface area contributed by atoms with Crippen LogP contribution >= 0.6 is 0 Å². The Hall–Kier alpha value is -4.00. The molecule has 0 radical (unpaired) electrons. The number of rotatable bonds is 4. The van der Waals surface area contributed by atoms with Crippen LogP contribution in [0.3, 0.4) is 0 Å². The maximum atomic E-state index is 7.57. The van der Waals surface area contributed by atoms with E-state index in [1.807, 2.05) is 12.1 Å². The number of hydrogen-bond acceptors (Lipinski definition) is 0. The van der Waals surface area contributed by atoms with Gasteiger partial charge in [-0.1, -0.05) is 91.0 Å². The van der Waals surface area contributed by atoms with Crippen LogP contribution in [-0.4, -0.2) is 8.07 Å². The lowest BCUT2D eigenvalue weighted by Crippen LogP contribution is -2.64. The van der Waals surface area contributed by atoms with E-state index in [0.717, 1.165) is 16.8 Å². The van der Waals surface area contributed by atoms with Crippen LogP contribution < -0.4 is 20.1 Å². The number of aromatic nitrogens is 1. The van der Waals surface area contributed by atoms with E-state index in [4.69, 9.17) is 6.57 Å². The van der Waals surface area contributed by atoms with Crippen molar-refractivity contribution in [2.45, 2.75) is 20.4 Å². The number of pyridine rings is 1. The van der Waals surface area contributed by atoms with Crippen LogP contribution in [0.5, 0.6) is 0 Å². The van der Waals surface area contributed by atoms with Crippen molar-refractivity contribution >= 4 is 40.1 Å². The van der Waals surface area contributed by atoms with E-state index in [1.54, 1.807) is 0 Å². The van der Waals surface area contributed by atoms with Crippen molar-refractivity contribution in [3.8, 4) is 11.3 Å². The molecule has 5 aromatic rings. The smallest absolute Gasteiger partial charge is 0.219 e. The zero-order valence-electron chi connectivity index (χ0n) is 20.7. The van der Waals surface area contributed by atoms with Crippen LogP contribution in [0.25, 0.3) is 26.9 Å². The largest absolute Gasteiger partial charge is 0.238 e. The molecule has 1 aromatic heterocycles. The predicted molar refractivity (Wildman–Crippen MR) is 150 cm³/mol. The predicted octanol–water partition coefficient (Wildman–Crippen LogP) is 5.60. The number of fused-ring (bicyclic) bond motifs is 1. The van der Waals surface area contributed by atoms with Gasteiger partial charge in [0.25, 0.3) is 0 Å². The molecule has 0 unspecified atom stereocenters. The Kier molecular flexibility index (Phi) is 5.84. The quantitative estimate of drug-likeness (QED) is 0.140. The third-order valence-electron chi connectivity index (χ3n) is 7.45. The van der Waals surface area contributed by atoms with Crippen molar-refractivity contribution in [3.05, 3.63) is 126 Å². The second kappa shape index (κ2) is 8.98.